The van der Waals surface area contributed by atoms with E-state index in [1.165, 1.54) is 4.90 Å². The second kappa shape index (κ2) is 6.41. The highest BCUT2D eigenvalue weighted by Crippen LogP contribution is 2.50. The van der Waals surface area contributed by atoms with Gasteiger partial charge in [0.05, 0.1) is 17.4 Å². The Hall–Kier alpha value is -2.00. The predicted octanol–water partition coefficient (Wildman–Crippen LogP) is 4.87. The summed E-state index contributed by atoms with van der Waals surface area (Å²) in [6.07, 6.45) is 0. The molecule has 1 aliphatic heterocycles. The average Bonchev–Trinajstić information content (AvgIpc) is 2.55. The van der Waals surface area contributed by atoms with Crippen LogP contribution in [0.2, 0.25) is 0 Å². The number of esters is 1. The summed E-state index contributed by atoms with van der Waals surface area (Å²) in [6, 6.07) is 18.4. The zero-order chi connectivity index (χ0) is 15.5. The smallest absolute Gasteiger partial charge is 0.335 e. The molecular weight excluding hydrogens is 292 g/mol. The summed E-state index contributed by atoms with van der Waals surface area (Å²) in [5.74, 6) is -0.212. The number of fused-ring (bicyclic) bond motifs is 1. The van der Waals surface area contributed by atoms with Gasteiger partial charge in [-0.15, -0.1) is 11.8 Å². The van der Waals surface area contributed by atoms with Crippen LogP contribution in [0.3, 0.4) is 0 Å². The van der Waals surface area contributed by atoms with E-state index in [2.05, 4.69) is 24.3 Å². The van der Waals surface area contributed by atoms with Crippen molar-refractivity contribution in [2.75, 3.05) is 6.61 Å². The summed E-state index contributed by atoms with van der Waals surface area (Å²) < 4.78 is 5.31. The number of carbonyl (C=O) groups is 1. The Morgan fingerprint density at radius 2 is 1.77 bits per heavy atom. The van der Waals surface area contributed by atoms with E-state index < -0.39 is 0 Å². The van der Waals surface area contributed by atoms with Gasteiger partial charge in [-0.1, -0.05) is 48.5 Å². The largest absolute Gasteiger partial charge is 0.463 e. The molecule has 1 unspecified atom stereocenters. The number of benzene rings is 2. The molecule has 3 heteroatoms. The fourth-order valence-corrected chi connectivity index (χ4v) is 4.18. The summed E-state index contributed by atoms with van der Waals surface area (Å²) >= 11 is 1.72. The number of ether oxygens (including phenoxy) is 1. The van der Waals surface area contributed by atoms with E-state index in [9.17, 15) is 4.79 Å². The highest BCUT2D eigenvalue weighted by atomic mass is 32.2. The Bertz CT molecular complexity index is 719. The topological polar surface area (TPSA) is 26.3 Å². The van der Waals surface area contributed by atoms with E-state index in [-0.39, 0.29) is 11.2 Å². The molecule has 0 amide bonds. The first-order valence-electron chi connectivity index (χ1n) is 7.41. The first-order valence-corrected chi connectivity index (χ1v) is 8.29. The van der Waals surface area contributed by atoms with Gasteiger partial charge in [0.2, 0.25) is 0 Å². The Morgan fingerprint density at radius 3 is 2.50 bits per heavy atom. The molecule has 0 fully saturated rings. The summed E-state index contributed by atoms with van der Waals surface area (Å²) in [6.45, 7) is 4.25. The number of carbonyl (C=O) groups excluding carboxylic acids is 1. The van der Waals surface area contributed by atoms with Gasteiger partial charge < -0.3 is 4.74 Å². The Kier molecular flexibility index (Phi) is 4.34. The maximum Gasteiger partial charge on any atom is 0.335 e. The van der Waals surface area contributed by atoms with E-state index in [4.69, 9.17) is 4.74 Å². The number of hydrogen-bond acceptors (Lipinski definition) is 3. The lowest BCUT2D eigenvalue weighted by Gasteiger charge is -2.28. The Balaban J connectivity index is 2.14. The minimum absolute atomic E-state index is 0.0184. The van der Waals surface area contributed by atoms with Crippen LogP contribution in [0.25, 0.3) is 5.57 Å². The molecule has 0 spiro atoms. The summed E-state index contributed by atoms with van der Waals surface area (Å²) in [7, 11) is 0. The van der Waals surface area contributed by atoms with Gasteiger partial charge in [0.15, 0.2) is 0 Å². The molecule has 0 saturated carbocycles. The second-order valence-electron chi connectivity index (χ2n) is 5.16. The molecule has 0 aliphatic carbocycles. The van der Waals surface area contributed by atoms with Crippen molar-refractivity contribution in [1.82, 2.24) is 0 Å². The molecule has 2 aromatic rings. The molecule has 0 bridgehead atoms. The van der Waals surface area contributed by atoms with Crippen molar-refractivity contribution in [1.29, 1.82) is 0 Å². The number of hydrogen-bond donors (Lipinski definition) is 0. The highest BCUT2D eigenvalue weighted by Gasteiger charge is 2.32. The zero-order valence-corrected chi connectivity index (χ0v) is 13.5. The highest BCUT2D eigenvalue weighted by molar-refractivity contribution is 8.00. The maximum atomic E-state index is 12.5. The lowest BCUT2D eigenvalue weighted by molar-refractivity contribution is -0.138. The van der Waals surface area contributed by atoms with E-state index in [1.54, 1.807) is 11.8 Å². The third kappa shape index (κ3) is 2.69. The van der Waals surface area contributed by atoms with Crippen molar-refractivity contribution in [3.05, 3.63) is 71.3 Å². The summed E-state index contributed by atoms with van der Waals surface area (Å²) in [5, 5.41) is -0.0184. The first kappa shape index (κ1) is 14.9. The summed E-state index contributed by atoms with van der Waals surface area (Å²) in [5.41, 5.74) is 4.03. The van der Waals surface area contributed by atoms with E-state index in [0.29, 0.717) is 6.61 Å². The number of thioether (sulfide) groups is 1. The van der Waals surface area contributed by atoms with Gasteiger partial charge in [0, 0.05) is 4.90 Å². The third-order valence-corrected chi connectivity index (χ3v) is 5.15. The van der Waals surface area contributed by atoms with Crippen molar-refractivity contribution in [3.8, 4) is 0 Å². The van der Waals surface area contributed by atoms with Crippen LogP contribution < -0.4 is 0 Å². The predicted molar refractivity (Wildman–Crippen MR) is 90.7 cm³/mol. The SMILES string of the molecule is CCOC(=O)C1=C(C)c2ccccc2SC1c1ccccc1. The molecule has 0 saturated heterocycles. The molecule has 22 heavy (non-hydrogen) atoms. The Labute approximate surface area is 135 Å². The molecule has 112 valence electrons. The van der Waals surface area contributed by atoms with Crippen LogP contribution in [-0.2, 0) is 9.53 Å². The maximum absolute atomic E-state index is 12.5. The lowest BCUT2D eigenvalue weighted by Crippen LogP contribution is -2.17. The minimum atomic E-state index is -0.212. The van der Waals surface area contributed by atoms with Gasteiger partial charge in [-0.3, -0.25) is 0 Å². The van der Waals surface area contributed by atoms with Crippen LogP contribution in [0.5, 0.6) is 0 Å². The fraction of sp³-hybridized carbons (Fsp3) is 0.211. The molecule has 0 N–H and O–H groups in total. The quantitative estimate of drug-likeness (QED) is 0.757. The van der Waals surface area contributed by atoms with Crippen molar-refractivity contribution < 1.29 is 9.53 Å². The number of allylic oxidation sites excluding steroid dienone is 1. The van der Waals surface area contributed by atoms with Gasteiger partial charge in [-0.05, 0) is 36.6 Å². The van der Waals surface area contributed by atoms with Gasteiger partial charge in [-0.25, -0.2) is 4.79 Å². The summed E-state index contributed by atoms with van der Waals surface area (Å²) in [4.78, 5) is 13.7. The molecule has 0 aromatic heterocycles. The van der Waals surface area contributed by atoms with Crippen LogP contribution in [-0.4, -0.2) is 12.6 Å². The normalized spacial score (nSPS) is 17.1. The van der Waals surface area contributed by atoms with Crippen molar-refractivity contribution in [2.24, 2.45) is 0 Å². The molecule has 1 heterocycles. The van der Waals surface area contributed by atoms with Gasteiger partial charge in [0.25, 0.3) is 0 Å². The van der Waals surface area contributed by atoms with Crippen molar-refractivity contribution in [2.45, 2.75) is 24.0 Å². The van der Waals surface area contributed by atoms with Crippen LogP contribution >= 0.6 is 11.8 Å². The molecule has 3 rings (SSSR count). The van der Waals surface area contributed by atoms with E-state index in [0.717, 1.165) is 22.3 Å². The molecule has 1 atom stereocenters. The van der Waals surface area contributed by atoms with Crippen LogP contribution in [0.15, 0.2) is 65.1 Å². The molecular formula is C19H18O2S. The van der Waals surface area contributed by atoms with Crippen molar-refractivity contribution in [3.63, 3.8) is 0 Å². The minimum Gasteiger partial charge on any atom is -0.463 e. The zero-order valence-electron chi connectivity index (χ0n) is 12.7. The van der Waals surface area contributed by atoms with Crippen LogP contribution in [0, 0.1) is 0 Å². The molecule has 2 nitrogen and oxygen atoms in total. The van der Waals surface area contributed by atoms with E-state index >= 15 is 0 Å². The van der Waals surface area contributed by atoms with Gasteiger partial charge in [-0.2, -0.15) is 0 Å². The van der Waals surface area contributed by atoms with Crippen molar-refractivity contribution >= 4 is 23.3 Å². The van der Waals surface area contributed by atoms with Crippen LogP contribution in [0.4, 0.5) is 0 Å². The molecule has 2 aromatic carbocycles. The number of rotatable bonds is 3. The fourth-order valence-electron chi connectivity index (χ4n) is 2.74. The Morgan fingerprint density at radius 1 is 1.09 bits per heavy atom. The molecule has 1 aliphatic rings. The third-order valence-electron chi connectivity index (χ3n) is 3.80. The monoisotopic (exact) mass is 310 g/mol. The lowest BCUT2D eigenvalue weighted by atomic mass is 9.95. The average molecular weight is 310 g/mol. The van der Waals surface area contributed by atoms with Gasteiger partial charge in [0.1, 0.15) is 0 Å². The van der Waals surface area contributed by atoms with Gasteiger partial charge >= 0.3 is 5.97 Å². The van der Waals surface area contributed by atoms with Crippen LogP contribution in [0.1, 0.15) is 30.2 Å². The standard InChI is InChI=1S/C19H18O2S/c1-3-21-19(20)17-13(2)15-11-7-8-12-16(15)22-18(17)14-9-5-4-6-10-14/h4-12,18H,3H2,1-2H3. The molecule has 0 radical (unpaired) electrons. The second-order valence-corrected chi connectivity index (χ2v) is 6.31. The first-order chi connectivity index (χ1) is 10.7. The van der Waals surface area contributed by atoms with E-state index in [1.807, 2.05) is 44.2 Å².